The van der Waals surface area contributed by atoms with E-state index in [1.54, 1.807) is 0 Å². The van der Waals surface area contributed by atoms with Crippen LogP contribution in [0.1, 0.15) is 36.8 Å². The lowest BCUT2D eigenvalue weighted by molar-refractivity contribution is 0.0758. The topological polar surface area (TPSA) is 60.2 Å². The zero-order valence-corrected chi connectivity index (χ0v) is 9.30. The second kappa shape index (κ2) is 4.14. The summed E-state index contributed by atoms with van der Waals surface area (Å²) in [5, 5.41) is 18.0. The number of hydrogen-bond donors (Lipinski definition) is 1. The highest BCUT2D eigenvalue weighted by Crippen LogP contribution is 2.26. The molecular formula is C11H17N3O2. The Morgan fingerprint density at radius 3 is 3.06 bits per heavy atom. The average Bonchev–Trinajstić information content (AvgIpc) is 2.73. The van der Waals surface area contributed by atoms with Crippen molar-refractivity contribution in [2.45, 2.75) is 44.2 Å². The maximum atomic E-state index is 9.57. The first-order valence-corrected chi connectivity index (χ1v) is 6.02. The summed E-state index contributed by atoms with van der Waals surface area (Å²) in [5.41, 5.74) is 0. The van der Waals surface area contributed by atoms with Gasteiger partial charge in [0.15, 0.2) is 0 Å². The molecule has 2 atom stereocenters. The summed E-state index contributed by atoms with van der Waals surface area (Å²) in [7, 11) is 0. The minimum Gasteiger partial charge on any atom is -0.393 e. The summed E-state index contributed by atoms with van der Waals surface area (Å²) in [5.74, 6) is 2.38. The van der Waals surface area contributed by atoms with Gasteiger partial charge in [0, 0.05) is 25.5 Å². The second-order valence-corrected chi connectivity index (χ2v) is 4.69. The van der Waals surface area contributed by atoms with Crippen molar-refractivity contribution in [1.29, 1.82) is 0 Å². The lowest BCUT2D eigenvalue weighted by Crippen LogP contribution is -2.26. The van der Waals surface area contributed by atoms with E-state index in [4.69, 9.17) is 4.74 Å². The minimum atomic E-state index is -0.243. The number of rotatable bonds is 1. The van der Waals surface area contributed by atoms with Gasteiger partial charge in [0.05, 0.1) is 12.7 Å². The van der Waals surface area contributed by atoms with Crippen LogP contribution >= 0.6 is 0 Å². The van der Waals surface area contributed by atoms with Crippen molar-refractivity contribution in [3.8, 4) is 0 Å². The van der Waals surface area contributed by atoms with Gasteiger partial charge < -0.3 is 14.4 Å². The van der Waals surface area contributed by atoms with Crippen LogP contribution in [0.5, 0.6) is 0 Å². The molecule has 0 aliphatic carbocycles. The molecule has 0 saturated carbocycles. The molecule has 0 amide bonds. The molecule has 1 fully saturated rings. The van der Waals surface area contributed by atoms with Gasteiger partial charge in [-0.25, -0.2) is 0 Å². The Kier molecular flexibility index (Phi) is 2.65. The van der Waals surface area contributed by atoms with Gasteiger partial charge in [0.1, 0.15) is 11.6 Å². The molecule has 88 valence electrons. The van der Waals surface area contributed by atoms with Crippen molar-refractivity contribution in [3.63, 3.8) is 0 Å². The third-order valence-corrected chi connectivity index (χ3v) is 3.49. The Balaban J connectivity index is 1.85. The highest BCUT2D eigenvalue weighted by molar-refractivity contribution is 5.06. The van der Waals surface area contributed by atoms with Crippen LogP contribution < -0.4 is 0 Å². The summed E-state index contributed by atoms with van der Waals surface area (Å²) in [6.45, 7) is 2.48. The SMILES string of the molecule is OC1CCn2c(nnc2C2CCCOC2)C1. The van der Waals surface area contributed by atoms with E-state index in [1.807, 2.05) is 0 Å². The van der Waals surface area contributed by atoms with E-state index in [9.17, 15) is 5.11 Å². The van der Waals surface area contributed by atoms with Gasteiger partial charge in [0.2, 0.25) is 0 Å². The van der Waals surface area contributed by atoms with Crippen LogP contribution in [-0.4, -0.2) is 39.2 Å². The highest BCUT2D eigenvalue weighted by Gasteiger charge is 2.27. The van der Waals surface area contributed by atoms with Crippen LogP contribution in [0.25, 0.3) is 0 Å². The van der Waals surface area contributed by atoms with Crippen LogP contribution in [-0.2, 0) is 17.7 Å². The number of hydrogen-bond acceptors (Lipinski definition) is 4. The summed E-state index contributed by atoms with van der Waals surface area (Å²) in [6, 6.07) is 0. The minimum absolute atomic E-state index is 0.243. The maximum absolute atomic E-state index is 9.57. The fraction of sp³-hybridized carbons (Fsp3) is 0.818. The van der Waals surface area contributed by atoms with Gasteiger partial charge in [-0.3, -0.25) is 0 Å². The van der Waals surface area contributed by atoms with E-state index >= 15 is 0 Å². The largest absolute Gasteiger partial charge is 0.393 e. The molecule has 0 radical (unpaired) electrons. The van der Waals surface area contributed by atoms with E-state index in [0.717, 1.165) is 50.7 Å². The Hall–Kier alpha value is -0.940. The van der Waals surface area contributed by atoms with Gasteiger partial charge in [-0.05, 0) is 19.3 Å². The van der Waals surface area contributed by atoms with Crippen molar-refractivity contribution >= 4 is 0 Å². The van der Waals surface area contributed by atoms with E-state index in [2.05, 4.69) is 14.8 Å². The van der Waals surface area contributed by atoms with E-state index in [1.165, 1.54) is 0 Å². The fourth-order valence-electron chi connectivity index (χ4n) is 2.58. The zero-order valence-electron chi connectivity index (χ0n) is 9.30. The molecule has 0 spiro atoms. The molecule has 0 bridgehead atoms. The van der Waals surface area contributed by atoms with Crippen LogP contribution in [0.15, 0.2) is 0 Å². The lowest BCUT2D eigenvalue weighted by Gasteiger charge is -2.25. The highest BCUT2D eigenvalue weighted by atomic mass is 16.5. The molecule has 2 aliphatic heterocycles. The summed E-state index contributed by atoms with van der Waals surface area (Å²) >= 11 is 0. The molecule has 5 nitrogen and oxygen atoms in total. The number of aliphatic hydroxyl groups is 1. The molecule has 2 unspecified atom stereocenters. The maximum Gasteiger partial charge on any atom is 0.138 e. The van der Waals surface area contributed by atoms with Crippen LogP contribution in [0, 0.1) is 0 Å². The van der Waals surface area contributed by atoms with Gasteiger partial charge in [-0.1, -0.05) is 0 Å². The molecule has 2 aliphatic rings. The van der Waals surface area contributed by atoms with Crippen LogP contribution in [0.2, 0.25) is 0 Å². The zero-order chi connectivity index (χ0) is 11.0. The van der Waals surface area contributed by atoms with E-state index in [0.29, 0.717) is 12.3 Å². The van der Waals surface area contributed by atoms with Crippen LogP contribution in [0.4, 0.5) is 0 Å². The van der Waals surface area contributed by atoms with E-state index in [-0.39, 0.29) is 6.10 Å². The predicted molar refractivity (Wildman–Crippen MR) is 57.1 cm³/mol. The molecule has 16 heavy (non-hydrogen) atoms. The molecule has 0 aromatic carbocycles. The standard InChI is InChI=1S/C11H17N3O2/c15-9-3-4-14-10(6-9)12-13-11(14)8-2-1-5-16-7-8/h8-9,15H,1-7H2. The Bertz CT molecular complexity index is 371. The molecule has 1 N–H and O–H groups in total. The monoisotopic (exact) mass is 223 g/mol. The Labute approximate surface area is 94.4 Å². The Morgan fingerprint density at radius 1 is 1.31 bits per heavy atom. The summed E-state index contributed by atoms with van der Waals surface area (Å²) < 4.78 is 7.66. The Morgan fingerprint density at radius 2 is 2.25 bits per heavy atom. The van der Waals surface area contributed by atoms with Crippen molar-refractivity contribution in [3.05, 3.63) is 11.6 Å². The third-order valence-electron chi connectivity index (χ3n) is 3.49. The molecule has 1 aromatic rings. The van der Waals surface area contributed by atoms with Crippen LogP contribution in [0.3, 0.4) is 0 Å². The molecule has 1 aromatic heterocycles. The molecule has 3 heterocycles. The normalized spacial score (nSPS) is 30.1. The second-order valence-electron chi connectivity index (χ2n) is 4.69. The van der Waals surface area contributed by atoms with Gasteiger partial charge in [-0.2, -0.15) is 0 Å². The van der Waals surface area contributed by atoms with Crippen molar-refractivity contribution in [2.24, 2.45) is 0 Å². The molecular weight excluding hydrogens is 206 g/mol. The van der Waals surface area contributed by atoms with Crippen molar-refractivity contribution in [1.82, 2.24) is 14.8 Å². The number of nitrogens with zero attached hydrogens (tertiary/aromatic N) is 3. The number of aliphatic hydroxyl groups excluding tert-OH is 1. The van der Waals surface area contributed by atoms with E-state index < -0.39 is 0 Å². The average molecular weight is 223 g/mol. The van der Waals surface area contributed by atoms with Gasteiger partial charge in [-0.15, -0.1) is 10.2 Å². The summed E-state index contributed by atoms with van der Waals surface area (Å²) in [6.07, 6.45) is 3.45. The fourth-order valence-corrected chi connectivity index (χ4v) is 2.58. The van der Waals surface area contributed by atoms with Crippen molar-refractivity contribution < 1.29 is 9.84 Å². The quantitative estimate of drug-likeness (QED) is 0.752. The van der Waals surface area contributed by atoms with Crippen molar-refractivity contribution in [2.75, 3.05) is 13.2 Å². The lowest BCUT2D eigenvalue weighted by atomic mass is 10.0. The smallest absolute Gasteiger partial charge is 0.138 e. The number of fused-ring (bicyclic) bond motifs is 1. The molecule has 1 saturated heterocycles. The first-order valence-electron chi connectivity index (χ1n) is 6.02. The van der Waals surface area contributed by atoms with Gasteiger partial charge >= 0.3 is 0 Å². The number of aromatic nitrogens is 3. The predicted octanol–water partition coefficient (Wildman–Crippen LogP) is 0.479. The third kappa shape index (κ3) is 1.74. The number of ether oxygens (including phenoxy) is 1. The van der Waals surface area contributed by atoms with Gasteiger partial charge in [0.25, 0.3) is 0 Å². The first-order chi connectivity index (χ1) is 7.84. The molecule has 3 rings (SSSR count). The first kappa shape index (κ1) is 10.2. The summed E-state index contributed by atoms with van der Waals surface area (Å²) in [4.78, 5) is 0. The molecule has 5 heteroatoms.